The van der Waals surface area contributed by atoms with Crippen molar-refractivity contribution in [3.63, 3.8) is 0 Å². The highest BCUT2D eigenvalue weighted by Crippen LogP contribution is 2.31. The fourth-order valence-corrected chi connectivity index (χ4v) is 4.09. The summed E-state index contributed by atoms with van der Waals surface area (Å²) in [5, 5.41) is 15.2. The van der Waals surface area contributed by atoms with E-state index in [1.54, 1.807) is 9.80 Å². The monoisotopic (exact) mass is 446 g/mol. The Hall–Kier alpha value is -3.33. The van der Waals surface area contributed by atoms with Gasteiger partial charge in [-0.25, -0.2) is 9.18 Å². The van der Waals surface area contributed by atoms with Gasteiger partial charge in [0.15, 0.2) is 5.75 Å². The third-order valence-corrected chi connectivity index (χ3v) is 5.88. The second-order valence-corrected chi connectivity index (χ2v) is 7.79. The average molecular weight is 447 g/mol. The smallest absolute Gasteiger partial charge is 0.323 e. The average Bonchev–Trinajstić information content (AvgIpc) is 3.12. The first-order valence-corrected chi connectivity index (χ1v) is 10.2. The molecular weight excluding hydrogens is 427 g/mol. The lowest BCUT2D eigenvalue weighted by Gasteiger charge is -2.37. The summed E-state index contributed by atoms with van der Waals surface area (Å²) < 4.78 is 13.5. The van der Waals surface area contributed by atoms with Crippen molar-refractivity contribution < 1.29 is 23.9 Å². The maximum Gasteiger partial charge on any atom is 0.323 e. The van der Waals surface area contributed by atoms with Gasteiger partial charge in [0.05, 0.1) is 22.0 Å². The molecule has 162 valence electrons. The molecule has 2 fully saturated rings. The summed E-state index contributed by atoms with van der Waals surface area (Å²) in [6.07, 6.45) is 1.20. The molecule has 0 saturated carbocycles. The third kappa shape index (κ3) is 4.13. The van der Waals surface area contributed by atoms with Gasteiger partial charge in [0.2, 0.25) is 5.91 Å². The summed E-state index contributed by atoms with van der Waals surface area (Å²) >= 11 is 5.83. The van der Waals surface area contributed by atoms with E-state index in [1.165, 1.54) is 30.3 Å². The first-order chi connectivity index (χ1) is 14.8. The summed E-state index contributed by atoms with van der Waals surface area (Å²) in [5.41, 5.74) is 0.125. The molecule has 3 N–H and O–H groups in total. The van der Waals surface area contributed by atoms with E-state index < -0.39 is 11.8 Å². The molecule has 0 bridgehead atoms. The van der Waals surface area contributed by atoms with E-state index in [-0.39, 0.29) is 45.6 Å². The normalized spacial score (nSPS) is 18.0. The number of anilines is 2. The van der Waals surface area contributed by atoms with E-state index in [4.69, 9.17) is 11.6 Å². The quantitative estimate of drug-likeness (QED) is 0.630. The highest BCUT2D eigenvalue weighted by atomic mass is 35.5. The second-order valence-electron chi connectivity index (χ2n) is 7.41. The van der Waals surface area contributed by atoms with Crippen molar-refractivity contribution in [3.8, 4) is 5.75 Å². The number of benzene rings is 2. The van der Waals surface area contributed by atoms with Crippen LogP contribution in [0.2, 0.25) is 5.02 Å². The van der Waals surface area contributed by atoms with E-state index in [2.05, 4.69) is 10.6 Å². The summed E-state index contributed by atoms with van der Waals surface area (Å²) in [5.74, 6) is -1.33. The van der Waals surface area contributed by atoms with Crippen LogP contribution in [-0.4, -0.2) is 58.4 Å². The molecule has 0 radical (unpaired) electrons. The standard InChI is InChI=1S/C21H20ClFN4O4/c22-18-14(23)4-2-5-15(18)24-21(31)25-16-6-1-3-13(19(16)29)20(30)26-9-10-27-12(11-26)7-8-17(27)28/h1-6,12,29H,7-11H2,(H2,24,25,31). The van der Waals surface area contributed by atoms with Crippen LogP contribution in [-0.2, 0) is 4.79 Å². The number of carbonyl (C=O) groups excluding carboxylic acids is 3. The number of fused-ring (bicyclic) bond motifs is 1. The predicted octanol–water partition coefficient (Wildman–Crippen LogP) is 3.28. The molecule has 0 aromatic heterocycles. The van der Waals surface area contributed by atoms with Gasteiger partial charge in [0.25, 0.3) is 5.91 Å². The van der Waals surface area contributed by atoms with E-state index >= 15 is 0 Å². The molecule has 1 unspecified atom stereocenters. The Morgan fingerprint density at radius 3 is 2.61 bits per heavy atom. The van der Waals surface area contributed by atoms with Crippen molar-refractivity contribution in [2.75, 3.05) is 30.3 Å². The number of aromatic hydroxyl groups is 1. The van der Waals surface area contributed by atoms with Gasteiger partial charge in [-0.2, -0.15) is 0 Å². The molecular formula is C21H20ClFN4O4. The Morgan fingerprint density at radius 2 is 1.81 bits per heavy atom. The molecule has 8 nitrogen and oxygen atoms in total. The molecule has 2 saturated heterocycles. The molecule has 2 aliphatic rings. The van der Waals surface area contributed by atoms with E-state index in [1.807, 2.05) is 0 Å². The van der Waals surface area contributed by atoms with Crippen LogP contribution >= 0.6 is 11.6 Å². The van der Waals surface area contributed by atoms with Crippen LogP contribution in [0, 0.1) is 5.82 Å². The van der Waals surface area contributed by atoms with Crippen molar-refractivity contribution in [1.29, 1.82) is 0 Å². The molecule has 2 aliphatic heterocycles. The van der Waals surface area contributed by atoms with Crippen molar-refractivity contribution >= 4 is 40.8 Å². The van der Waals surface area contributed by atoms with Gasteiger partial charge >= 0.3 is 6.03 Å². The number of nitrogens with zero attached hydrogens (tertiary/aromatic N) is 2. The Labute approximate surface area is 182 Å². The fraction of sp³-hybridized carbons (Fsp3) is 0.286. The molecule has 31 heavy (non-hydrogen) atoms. The Morgan fingerprint density at radius 1 is 1.10 bits per heavy atom. The number of piperazine rings is 1. The van der Waals surface area contributed by atoms with Crippen LogP contribution in [0.15, 0.2) is 36.4 Å². The number of hydrogen-bond donors (Lipinski definition) is 3. The lowest BCUT2D eigenvalue weighted by molar-refractivity contribution is -0.130. The van der Waals surface area contributed by atoms with Crippen molar-refractivity contribution in [1.82, 2.24) is 9.80 Å². The Balaban J connectivity index is 1.46. The number of phenols is 1. The SMILES string of the molecule is O=C(Nc1cccc(C(=O)N2CCN3C(=O)CCC3C2)c1O)Nc1cccc(F)c1Cl. The molecule has 2 aromatic carbocycles. The maximum atomic E-state index is 13.5. The van der Waals surface area contributed by atoms with Gasteiger partial charge < -0.3 is 25.5 Å². The van der Waals surface area contributed by atoms with E-state index in [0.717, 1.165) is 6.07 Å². The minimum atomic E-state index is -0.759. The fourth-order valence-electron chi connectivity index (χ4n) is 3.91. The summed E-state index contributed by atoms with van der Waals surface area (Å²) in [6, 6.07) is 7.66. The van der Waals surface area contributed by atoms with Gasteiger partial charge in [0, 0.05) is 32.1 Å². The maximum absolute atomic E-state index is 13.5. The highest BCUT2D eigenvalue weighted by molar-refractivity contribution is 6.34. The van der Waals surface area contributed by atoms with Crippen molar-refractivity contribution in [2.45, 2.75) is 18.9 Å². The number of rotatable bonds is 3. The van der Waals surface area contributed by atoms with Gasteiger partial charge in [-0.05, 0) is 30.7 Å². The molecule has 2 aromatic rings. The third-order valence-electron chi connectivity index (χ3n) is 5.50. The first kappa shape index (κ1) is 20.9. The number of para-hydroxylation sites is 1. The number of phenolic OH excluding ortho intramolecular Hbond substituents is 1. The lowest BCUT2D eigenvalue weighted by Crippen LogP contribution is -2.53. The number of carbonyl (C=O) groups is 3. The van der Waals surface area contributed by atoms with Crippen LogP contribution in [0.3, 0.4) is 0 Å². The Bertz CT molecular complexity index is 1060. The predicted molar refractivity (Wildman–Crippen MR) is 113 cm³/mol. The molecule has 4 amide bonds. The van der Waals surface area contributed by atoms with Crippen molar-refractivity contribution in [2.24, 2.45) is 0 Å². The van der Waals surface area contributed by atoms with E-state index in [9.17, 15) is 23.9 Å². The minimum absolute atomic E-state index is 0.00422. The van der Waals surface area contributed by atoms with Crippen molar-refractivity contribution in [3.05, 3.63) is 52.8 Å². The van der Waals surface area contributed by atoms with Crippen LogP contribution in [0.25, 0.3) is 0 Å². The Kier molecular flexibility index (Phi) is 5.69. The molecule has 1 atom stereocenters. The zero-order chi connectivity index (χ0) is 22.1. The minimum Gasteiger partial charge on any atom is -0.505 e. The largest absolute Gasteiger partial charge is 0.505 e. The molecule has 4 rings (SSSR count). The molecule has 0 spiro atoms. The number of halogens is 2. The van der Waals surface area contributed by atoms with Gasteiger partial charge in [-0.1, -0.05) is 23.7 Å². The lowest BCUT2D eigenvalue weighted by atomic mass is 10.1. The topological polar surface area (TPSA) is 102 Å². The zero-order valence-corrected chi connectivity index (χ0v) is 17.2. The van der Waals surface area contributed by atoms with Gasteiger partial charge in [0.1, 0.15) is 5.82 Å². The van der Waals surface area contributed by atoms with Crippen LogP contribution in [0.4, 0.5) is 20.6 Å². The number of amides is 4. The van der Waals surface area contributed by atoms with E-state index in [0.29, 0.717) is 32.5 Å². The molecule has 0 aliphatic carbocycles. The van der Waals surface area contributed by atoms with Gasteiger partial charge in [-0.15, -0.1) is 0 Å². The molecule has 2 heterocycles. The number of hydrogen-bond acceptors (Lipinski definition) is 4. The zero-order valence-electron chi connectivity index (χ0n) is 16.4. The second kappa shape index (κ2) is 8.43. The first-order valence-electron chi connectivity index (χ1n) is 9.78. The van der Waals surface area contributed by atoms with Crippen LogP contribution in [0.5, 0.6) is 5.75 Å². The van der Waals surface area contributed by atoms with Crippen LogP contribution < -0.4 is 10.6 Å². The highest BCUT2D eigenvalue weighted by Gasteiger charge is 2.37. The summed E-state index contributed by atoms with van der Waals surface area (Å²) in [4.78, 5) is 40.5. The summed E-state index contributed by atoms with van der Waals surface area (Å²) in [6.45, 7) is 1.24. The summed E-state index contributed by atoms with van der Waals surface area (Å²) in [7, 11) is 0. The number of urea groups is 1. The molecule has 10 heteroatoms. The number of nitrogens with one attached hydrogen (secondary N) is 2. The van der Waals surface area contributed by atoms with Crippen LogP contribution in [0.1, 0.15) is 23.2 Å². The van der Waals surface area contributed by atoms with Gasteiger partial charge in [-0.3, -0.25) is 9.59 Å².